The van der Waals surface area contributed by atoms with Gasteiger partial charge in [0.05, 0.1) is 15.7 Å². The zero-order valence-electron chi connectivity index (χ0n) is 27.1. The molecule has 0 aliphatic rings. The summed E-state index contributed by atoms with van der Waals surface area (Å²) in [5, 5.41) is 6.98. The van der Waals surface area contributed by atoms with E-state index in [0.29, 0.717) is 17.6 Å². The van der Waals surface area contributed by atoms with Crippen molar-refractivity contribution in [1.82, 2.24) is 19.5 Å². The Morgan fingerprint density at radius 1 is 0.471 bits per heavy atom. The van der Waals surface area contributed by atoms with E-state index in [1.165, 1.54) is 25.6 Å². The van der Waals surface area contributed by atoms with Gasteiger partial charge >= 0.3 is 0 Å². The highest BCUT2D eigenvalue weighted by Gasteiger charge is 2.22. The Bertz CT molecular complexity index is 3140. The van der Waals surface area contributed by atoms with Crippen LogP contribution in [0.5, 0.6) is 0 Å². The van der Waals surface area contributed by atoms with Gasteiger partial charge in [0, 0.05) is 48.1 Å². The van der Waals surface area contributed by atoms with Gasteiger partial charge in [-0.2, -0.15) is 9.97 Å². The quantitative estimate of drug-likeness (QED) is 0.187. The fourth-order valence-electron chi connectivity index (χ4n) is 7.57. The Morgan fingerprint density at radius 3 is 2.00 bits per heavy atom. The number of fused-ring (bicyclic) bond motifs is 10. The third kappa shape index (κ3) is 4.30. The maximum Gasteiger partial charge on any atom is 0.238 e. The van der Waals surface area contributed by atoms with Gasteiger partial charge in [-0.05, 0) is 41.5 Å². The third-order valence-corrected chi connectivity index (χ3v) is 11.1. The van der Waals surface area contributed by atoms with Crippen molar-refractivity contribution >= 4 is 75.3 Å². The molecular weight excluding hydrogens is 645 g/mol. The van der Waals surface area contributed by atoms with Crippen molar-refractivity contribution in [2.24, 2.45) is 0 Å². The van der Waals surface area contributed by atoms with E-state index in [1.807, 2.05) is 53.8 Å². The fourth-order valence-corrected chi connectivity index (χ4v) is 8.81. The van der Waals surface area contributed by atoms with Crippen LogP contribution in [-0.4, -0.2) is 19.5 Å². The molecule has 0 saturated carbocycles. The molecule has 0 unspecified atom stereocenters. The Kier molecular flexibility index (Phi) is 6.05. The Morgan fingerprint density at radius 2 is 1.16 bits per heavy atom. The van der Waals surface area contributed by atoms with Gasteiger partial charge in [0.1, 0.15) is 11.2 Å². The molecule has 0 saturated heterocycles. The lowest BCUT2D eigenvalue weighted by Gasteiger charge is -2.11. The van der Waals surface area contributed by atoms with E-state index in [1.54, 1.807) is 0 Å². The largest absolute Gasteiger partial charge is 0.456 e. The third-order valence-electron chi connectivity index (χ3n) is 9.88. The lowest BCUT2D eigenvalue weighted by molar-refractivity contribution is 0.669. The van der Waals surface area contributed by atoms with Crippen molar-refractivity contribution in [3.63, 3.8) is 0 Å². The van der Waals surface area contributed by atoms with Crippen molar-refractivity contribution < 1.29 is 4.42 Å². The first-order valence-corrected chi connectivity index (χ1v) is 17.8. The predicted molar refractivity (Wildman–Crippen MR) is 211 cm³/mol. The summed E-state index contributed by atoms with van der Waals surface area (Å²) in [4.78, 5) is 15.6. The van der Waals surface area contributed by atoms with Gasteiger partial charge in [0.2, 0.25) is 5.95 Å². The summed E-state index contributed by atoms with van der Waals surface area (Å²) in [6.07, 6.45) is 0. The van der Waals surface area contributed by atoms with Gasteiger partial charge in [-0.25, -0.2) is 4.98 Å². The van der Waals surface area contributed by atoms with Crippen LogP contribution in [0.15, 0.2) is 162 Å². The van der Waals surface area contributed by atoms with Gasteiger partial charge in [-0.3, -0.25) is 4.57 Å². The Balaban J connectivity index is 1.18. The average Bonchev–Trinajstić information content (AvgIpc) is 3.88. The molecule has 0 radical (unpaired) electrons. The number of thiophene rings is 1. The van der Waals surface area contributed by atoms with Crippen LogP contribution in [0.2, 0.25) is 0 Å². The zero-order chi connectivity index (χ0) is 33.5. The number of para-hydroxylation sites is 1. The molecule has 7 aromatic carbocycles. The van der Waals surface area contributed by atoms with Crippen LogP contribution >= 0.6 is 11.3 Å². The van der Waals surface area contributed by atoms with Crippen LogP contribution in [0.3, 0.4) is 0 Å². The Hall–Kier alpha value is -6.63. The first kappa shape index (κ1) is 28.2. The summed E-state index contributed by atoms with van der Waals surface area (Å²) in [5.41, 5.74) is 7.88. The number of benzene rings is 7. The first-order valence-electron chi connectivity index (χ1n) is 16.9. The normalized spacial score (nSPS) is 11.9. The number of nitrogens with zero attached hydrogens (tertiary/aromatic N) is 4. The van der Waals surface area contributed by atoms with E-state index in [0.717, 1.165) is 60.6 Å². The number of rotatable bonds is 4. The van der Waals surface area contributed by atoms with Crippen LogP contribution in [0.4, 0.5) is 0 Å². The predicted octanol–water partition coefficient (Wildman–Crippen LogP) is 12.2. The fraction of sp³-hybridized carbons (Fsp3) is 0. The van der Waals surface area contributed by atoms with Crippen LogP contribution in [0.25, 0.3) is 104 Å². The summed E-state index contributed by atoms with van der Waals surface area (Å²) in [7, 11) is 0. The molecule has 0 aliphatic heterocycles. The summed E-state index contributed by atoms with van der Waals surface area (Å²) >= 11 is 1.81. The average molecular weight is 671 g/mol. The second-order valence-corrected chi connectivity index (χ2v) is 13.8. The molecule has 6 heteroatoms. The van der Waals surface area contributed by atoms with Gasteiger partial charge < -0.3 is 4.42 Å². The standard InChI is InChI=1S/C45H26N4OS/c1-3-12-27(13-4-1)30-18-11-20-37-40(30)35-23-22-29(26-38(35)50-37)44-46-43(28-14-5-2-6-15-28)47-45(48-44)49-36-19-9-7-16-31(36)33-24-25-34-32-17-8-10-21-39(32)51-42(34)41(33)49/h1-26H. The zero-order valence-corrected chi connectivity index (χ0v) is 27.9. The molecule has 0 fully saturated rings. The molecular formula is C45H26N4OS. The van der Waals surface area contributed by atoms with Crippen molar-refractivity contribution in [2.75, 3.05) is 0 Å². The number of furan rings is 1. The van der Waals surface area contributed by atoms with Gasteiger partial charge in [-0.1, -0.05) is 127 Å². The topological polar surface area (TPSA) is 56.7 Å². The molecule has 11 rings (SSSR count). The highest BCUT2D eigenvalue weighted by molar-refractivity contribution is 7.26. The lowest BCUT2D eigenvalue weighted by Crippen LogP contribution is -2.06. The van der Waals surface area contributed by atoms with Crippen molar-refractivity contribution in [3.05, 3.63) is 158 Å². The van der Waals surface area contributed by atoms with Crippen LogP contribution in [0.1, 0.15) is 0 Å². The van der Waals surface area contributed by atoms with Crippen LogP contribution < -0.4 is 0 Å². The second-order valence-electron chi connectivity index (χ2n) is 12.8. The van der Waals surface area contributed by atoms with Gasteiger partial charge in [-0.15, -0.1) is 11.3 Å². The molecule has 238 valence electrons. The maximum absolute atomic E-state index is 6.51. The SMILES string of the molecule is c1ccc(-c2nc(-c3ccc4c(c3)oc3cccc(-c5ccccc5)c34)nc(-n3c4ccccc4c4ccc5c6ccccc6sc5c43)n2)cc1. The molecule has 0 amide bonds. The molecule has 51 heavy (non-hydrogen) atoms. The van der Waals surface area contributed by atoms with Crippen LogP contribution in [0, 0.1) is 0 Å². The van der Waals surface area contributed by atoms with E-state index in [9.17, 15) is 0 Å². The van der Waals surface area contributed by atoms with E-state index in [2.05, 4.69) is 120 Å². The molecule has 0 spiro atoms. The molecule has 0 atom stereocenters. The van der Waals surface area contributed by atoms with E-state index in [4.69, 9.17) is 19.4 Å². The van der Waals surface area contributed by atoms with Crippen molar-refractivity contribution in [2.45, 2.75) is 0 Å². The number of hydrogen-bond donors (Lipinski definition) is 0. The highest BCUT2D eigenvalue weighted by atomic mass is 32.1. The Labute approximate surface area is 295 Å². The summed E-state index contributed by atoms with van der Waals surface area (Å²) in [5.74, 6) is 1.77. The molecule has 5 nitrogen and oxygen atoms in total. The smallest absolute Gasteiger partial charge is 0.238 e. The monoisotopic (exact) mass is 670 g/mol. The summed E-state index contributed by atoms with van der Waals surface area (Å²) in [6, 6.07) is 54.8. The second kappa shape index (κ2) is 10.9. The molecule has 0 bridgehead atoms. The molecule has 0 aliphatic carbocycles. The lowest BCUT2D eigenvalue weighted by atomic mass is 9.99. The maximum atomic E-state index is 6.51. The number of aromatic nitrogens is 4. The molecule has 11 aromatic rings. The first-order chi connectivity index (χ1) is 25.3. The van der Waals surface area contributed by atoms with E-state index >= 15 is 0 Å². The van der Waals surface area contributed by atoms with Crippen molar-refractivity contribution in [1.29, 1.82) is 0 Å². The molecule has 4 aromatic heterocycles. The minimum absolute atomic E-state index is 0.575. The van der Waals surface area contributed by atoms with E-state index < -0.39 is 0 Å². The van der Waals surface area contributed by atoms with Gasteiger partial charge in [0.15, 0.2) is 11.6 Å². The summed E-state index contributed by atoms with van der Waals surface area (Å²) < 4.78 is 11.2. The molecule has 4 heterocycles. The molecule has 0 N–H and O–H groups in total. The minimum atomic E-state index is 0.575. The minimum Gasteiger partial charge on any atom is -0.456 e. The van der Waals surface area contributed by atoms with E-state index in [-0.39, 0.29) is 0 Å². The highest BCUT2D eigenvalue weighted by Crippen LogP contribution is 2.43. The summed E-state index contributed by atoms with van der Waals surface area (Å²) in [6.45, 7) is 0. The number of hydrogen-bond acceptors (Lipinski definition) is 5. The van der Waals surface area contributed by atoms with Crippen LogP contribution in [-0.2, 0) is 0 Å². The van der Waals surface area contributed by atoms with Crippen molar-refractivity contribution in [3.8, 4) is 39.9 Å². The van der Waals surface area contributed by atoms with Gasteiger partial charge in [0.25, 0.3) is 0 Å².